The van der Waals surface area contributed by atoms with Crippen LogP contribution in [0.1, 0.15) is 25.1 Å². The van der Waals surface area contributed by atoms with Crippen LogP contribution < -0.4 is 5.32 Å². The minimum absolute atomic E-state index is 0.00542. The molecule has 4 rings (SSSR count). The highest BCUT2D eigenvalue weighted by atomic mass is 32.1. The van der Waals surface area contributed by atoms with Gasteiger partial charge in [0, 0.05) is 24.9 Å². The van der Waals surface area contributed by atoms with Crippen molar-refractivity contribution in [1.29, 1.82) is 0 Å². The van der Waals surface area contributed by atoms with Crippen molar-refractivity contribution in [3.8, 4) is 0 Å². The number of nitrogens with one attached hydrogen (secondary N) is 2. The van der Waals surface area contributed by atoms with E-state index in [0.717, 1.165) is 35.6 Å². The highest BCUT2D eigenvalue weighted by molar-refractivity contribution is 7.22. The second-order valence-electron chi connectivity index (χ2n) is 6.11. The number of H-pyrrole nitrogens is 1. The first kappa shape index (κ1) is 15.3. The predicted molar refractivity (Wildman–Crippen MR) is 95.2 cm³/mol. The number of thiazole rings is 1. The molecule has 3 aromatic rings. The van der Waals surface area contributed by atoms with Gasteiger partial charge in [-0.1, -0.05) is 23.5 Å². The molecule has 0 aliphatic carbocycles. The number of aromatic amines is 1. The molecule has 1 amide bonds. The normalized spacial score (nSPS) is 19.6. The number of hydrogen-bond acceptors (Lipinski definition) is 5. The molecule has 24 heavy (non-hydrogen) atoms. The minimum atomic E-state index is -0.183. The van der Waals surface area contributed by atoms with Crippen LogP contribution in [0.3, 0.4) is 0 Å². The average Bonchev–Trinajstić information content (AvgIpc) is 3.32. The van der Waals surface area contributed by atoms with Gasteiger partial charge in [0.2, 0.25) is 5.91 Å². The van der Waals surface area contributed by atoms with Gasteiger partial charge in [-0.3, -0.25) is 9.69 Å². The Hall–Kier alpha value is -2.25. The average molecular weight is 341 g/mol. The van der Waals surface area contributed by atoms with Crippen molar-refractivity contribution in [2.45, 2.75) is 25.3 Å². The Kier molecular flexibility index (Phi) is 4.03. The maximum absolute atomic E-state index is 12.6. The van der Waals surface area contributed by atoms with Gasteiger partial charge in [-0.25, -0.2) is 9.97 Å². The van der Waals surface area contributed by atoms with E-state index in [1.807, 2.05) is 37.4 Å². The maximum Gasteiger partial charge on any atom is 0.243 e. The molecule has 6 nitrogen and oxygen atoms in total. The van der Waals surface area contributed by atoms with Gasteiger partial charge in [-0.15, -0.1) is 0 Å². The van der Waals surface area contributed by atoms with Crippen molar-refractivity contribution in [3.63, 3.8) is 0 Å². The van der Waals surface area contributed by atoms with E-state index in [-0.39, 0.29) is 11.9 Å². The first-order valence-electron chi connectivity index (χ1n) is 8.10. The number of para-hydroxylation sites is 1. The molecule has 1 aliphatic rings. The van der Waals surface area contributed by atoms with E-state index in [0.29, 0.717) is 11.0 Å². The van der Waals surface area contributed by atoms with E-state index in [2.05, 4.69) is 25.2 Å². The number of carbonyl (C=O) groups is 1. The van der Waals surface area contributed by atoms with Gasteiger partial charge < -0.3 is 10.3 Å². The summed E-state index contributed by atoms with van der Waals surface area (Å²) in [6.07, 6.45) is 4.65. The third kappa shape index (κ3) is 2.92. The van der Waals surface area contributed by atoms with Gasteiger partial charge >= 0.3 is 0 Å². The van der Waals surface area contributed by atoms with E-state index in [4.69, 9.17) is 0 Å². The molecule has 3 heterocycles. The number of rotatable bonds is 4. The maximum atomic E-state index is 12.6. The predicted octanol–water partition coefficient (Wildman–Crippen LogP) is 2.84. The van der Waals surface area contributed by atoms with Crippen molar-refractivity contribution in [2.75, 3.05) is 18.4 Å². The first-order valence-corrected chi connectivity index (χ1v) is 8.92. The van der Waals surface area contributed by atoms with Gasteiger partial charge in [0.1, 0.15) is 5.82 Å². The summed E-state index contributed by atoms with van der Waals surface area (Å²) in [6.45, 7) is 3.70. The second kappa shape index (κ2) is 6.33. The topological polar surface area (TPSA) is 73.9 Å². The fraction of sp³-hybridized carbons (Fsp3) is 0.353. The van der Waals surface area contributed by atoms with Gasteiger partial charge in [-0.2, -0.15) is 0 Å². The van der Waals surface area contributed by atoms with E-state index in [1.165, 1.54) is 11.3 Å². The van der Waals surface area contributed by atoms with Crippen molar-refractivity contribution in [2.24, 2.45) is 0 Å². The number of amides is 1. The molecule has 2 atom stereocenters. The number of hydrogen-bond donors (Lipinski definition) is 2. The van der Waals surface area contributed by atoms with Crippen molar-refractivity contribution in [1.82, 2.24) is 19.9 Å². The summed E-state index contributed by atoms with van der Waals surface area (Å²) in [6, 6.07) is 7.72. The first-order chi connectivity index (χ1) is 11.7. The van der Waals surface area contributed by atoms with Gasteiger partial charge in [0.15, 0.2) is 5.13 Å². The number of likely N-dealkylation sites (tertiary alicyclic amines) is 1. The zero-order valence-electron chi connectivity index (χ0n) is 13.4. The Morgan fingerprint density at radius 2 is 2.33 bits per heavy atom. The summed E-state index contributed by atoms with van der Waals surface area (Å²) in [7, 11) is 0. The number of benzene rings is 1. The molecule has 0 bridgehead atoms. The molecule has 1 aliphatic heterocycles. The van der Waals surface area contributed by atoms with Crippen LogP contribution in [0, 0.1) is 0 Å². The molecule has 124 valence electrons. The van der Waals surface area contributed by atoms with Crippen LogP contribution in [0.25, 0.3) is 10.2 Å². The third-order valence-electron chi connectivity index (χ3n) is 4.58. The molecule has 1 aromatic carbocycles. The Morgan fingerprint density at radius 1 is 1.46 bits per heavy atom. The molecular weight excluding hydrogens is 322 g/mol. The molecular formula is C17H19N5OS. The lowest BCUT2D eigenvalue weighted by atomic mass is 10.1. The van der Waals surface area contributed by atoms with E-state index in [9.17, 15) is 4.79 Å². The van der Waals surface area contributed by atoms with Gasteiger partial charge in [-0.05, 0) is 32.0 Å². The summed E-state index contributed by atoms with van der Waals surface area (Å²) < 4.78 is 1.08. The van der Waals surface area contributed by atoms with Crippen molar-refractivity contribution in [3.05, 3.63) is 42.5 Å². The smallest absolute Gasteiger partial charge is 0.243 e. The zero-order valence-corrected chi connectivity index (χ0v) is 14.2. The minimum Gasteiger partial charge on any atom is -0.348 e. The number of aromatic nitrogens is 3. The van der Waals surface area contributed by atoms with Crippen LogP contribution in [-0.2, 0) is 4.79 Å². The molecule has 0 spiro atoms. The lowest BCUT2D eigenvalue weighted by Gasteiger charge is -2.22. The number of fused-ring (bicyclic) bond motifs is 1. The summed E-state index contributed by atoms with van der Waals surface area (Å²) >= 11 is 1.51. The largest absolute Gasteiger partial charge is 0.348 e. The summed E-state index contributed by atoms with van der Waals surface area (Å²) in [5, 5.41) is 3.62. The Morgan fingerprint density at radius 3 is 3.12 bits per heavy atom. The number of nitrogens with zero attached hydrogens (tertiary/aromatic N) is 3. The van der Waals surface area contributed by atoms with E-state index in [1.54, 1.807) is 6.20 Å². The zero-order chi connectivity index (χ0) is 16.5. The Balaban J connectivity index is 1.41. The van der Waals surface area contributed by atoms with Gasteiger partial charge in [0.25, 0.3) is 0 Å². The van der Waals surface area contributed by atoms with Crippen LogP contribution in [0.2, 0.25) is 0 Å². The molecule has 1 saturated heterocycles. The fourth-order valence-corrected chi connectivity index (χ4v) is 4.03. The number of imidazole rings is 1. The quantitative estimate of drug-likeness (QED) is 0.765. The highest BCUT2D eigenvalue weighted by Crippen LogP contribution is 2.28. The lowest BCUT2D eigenvalue weighted by molar-refractivity contribution is -0.120. The van der Waals surface area contributed by atoms with Crippen LogP contribution in [-0.4, -0.2) is 44.9 Å². The van der Waals surface area contributed by atoms with E-state index < -0.39 is 0 Å². The van der Waals surface area contributed by atoms with Crippen molar-refractivity contribution >= 4 is 32.6 Å². The standard InChI is InChI=1S/C17H19N5OS/c1-11(22-9-6-12(10-22)15-18-7-8-19-15)16(23)21-17-20-13-4-2-3-5-14(13)24-17/h2-5,7-8,11-12H,6,9-10H2,1H3,(H,18,19)(H,20,21,23)/t11-,12+/m0/s1. The Bertz CT molecular complexity index is 811. The summed E-state index contributed by atoms with van der Waals surface area (Å²) in [4.78, 5) is 26.7. The molecule has 0 saturated carbocycles. The van der Waals surface area contributed by atoms with Gasteiger partial charge in [0.05, 0.1) is 16.3 Å². The number of carbonyl (C=O) groups excluding carboxylic acids is 1. The third-order valence-corrected chi connectivity index (χ3v) is 5.53. The molecule has 0 radical (unpaired) electrons. The molecule has 7 heteroatoms. The van der Waals surface area contributed by atoms with Crippen LogP contribution in [0.5, 0.6) is 0 Å². The molecule has 0 unspecified atom stereocenters. The number of anilines is 1. The molecule has 2 aromatic heterocycles. The summed E-state index contributed by atoms with van der Waals surface area (Å²) in [5.41, 5.74) is 0.921. The van der Waals surface area contributed by atoms with E-state index >= 15 is 0 Å². The van der Waals surface area contributed by atoms with Crippen LogP contribution >= 0.6 is 11.3 Å². The molecule has 2 N–H and O–H groups in total. The fourth-order valence-electron chi connectivity index (χ4n) is 3.16. The molecule has 1 fully saturated rings. The summed E-state index contributed by atoms with van der Waals surface area (Å²) in [5.74, 6) is 1.38. The monoisotopic (exact) mass is 341 g/mol. The highest BCUT2D eigenvalue weighted by Gasteiger charge is 2.31. The Labute approximate surface area is 143 Å². The SMILES string of the molecule is C[C@@H](C(=O)Nc1nc2ccccc2s1)N1CC[C@@H](c2ncc[nH]2)C1. The van der Waals surface area contributed by atoms with Crippen molar-refractivity contribution < 1.29 is 4.79 Å². The van der Waals surface area contributed by atoms with Crippen LogP contribution in [0.15, 0.2) is 36.7 Å². The lowest BCUT2D eigenvalue weighted by Crippen LogP contribution is -2.40. The van der Waals surface area contributed by atoms with Crippen LogP contribution in [0.4, 0.5) is 5.13 Å². The second-order valence-corrected chi connectivity index (χ2v) is 7.14.